The largest absolute Gasteiger partial charge is 0.378 e. The van der Waals surface area contributed by atoms with Crippen molar-refractivity contribution >= 4 is 17.5 Å². The number of amides is 2. The molecule has 1 aliphatic rings. The first-order valence-corrected chi connectivity index (χ1v) is 9.43. The second-order valence-electron chi connectivity index (χ2n) is 7.24. The molecule has 1 aliphatic heterocycles. The zero-order valence-corrected chi connectivity index (χ0v) is 16.0. The van der Waals surface area contributed by atoms with Crippen molar-refractivity contribution < 1.29 is 9.59 Å². The molecule has 5 heteroatoms. The minimum absolute atomic E-state index is 0.0465. The Hall–Kier alpha value is -2.82. The van der Waals surface area contributed by atoms with E-state index in [9.17, 15) is 9.59 Å². The molecule has 3 rings (SSSR count). The quantitative estimate of drug-likeness (QED) is 0.886. The Balaban J connectivity index is 1.48. The maximum atomic E-state index is 12.7. The van der Waals surface area contributed by atoms with E-state index in [1.807, 2.05) is 78.5 Å². The smallest absolute Gasteiger partial charge is 0.253 e. The summed E-state index contributed by atoms with van der Waals surface area (Å²) in [6.07, 6.45) is 1.99. The van der Waals surface area contributed by atoms with Crippen LogP contribution in [0.25, 0.3) is 0 Å². The molecule has 0 atom stereocenters. The first-order valence-electron chi connectivity index (χ1n) is 9.43. The van der Waals surface area contributed by atoms with Crippen LogP contribution in [0.15, 0.2) is 54.6 Å². The van der Waals surface area contributed by atoms with Crippen molar-refractivity contribution in [1.82, 2.24) is 10.2 Å². The van der Waals surface area contributed by atoms with Gasteiger partial charge in [-0.1, -0.05) is 30.3 Å². The number of hydrogen-bond donors (Lipinski definition) is 1. The number of carbonyl (C=O) groups excluding carboxylic acids is 2. The van der Waals surface area contributed by atoms with Gasteiger partial charge in [-0.25, -0.2) is 0 Å². The normalized spacial score (nSPS) is 14.7. The number of piperidine rings is 1. The Morgan fingerprint density at radius 1 is 1.00 bits per heavy atom. The van der Waals surface area contributed by atoms with Gasteiger partial charge >= 0.3 is 0 Å². The molecule has 0 unspecified atom stereocenters. The SMILES string of the molecule is CN(C)c1ccc(C(=O)N2CCC(NC(=O)Cc3ccccc3)CC2)cc1. The molecule has 1 fully saturated rings. The van der Waals surface area contributed by atoms with E-state index in [-0.39, 0.29) is 17.9 Å². The van der Waals surface area contributed by atoms with Crippen molar-refractivity contribution in [2.24, 2.45) is 0 Å². The summed E-state index contributed by atoms with van der Waals surface area (Å²) in [5, 5.41) is 3.10. The molecule has 0 spiro atoms. The van der Waals surface area contributed by atoms with Crippen LogP contribution >= 0.6 is 0 Å². The number of likely N-dealkylation sites (tertiary alicyclic amines) is 1. The van der Waals surface area contributed by atoms with Crippen LogP contribution in [0.1, 0.15) is 28.8 Å². The van der Waals surface area contributed by atoms with E-state index in [1.165, 1.54) is 0 Å². The zero-order chi connectivity index (χ0) is 19.2. The van der Waals surface area contributed by atoms with Crippen LogP contribution in [0.5, 0.6) is 0 Å². The van der Waals surface area contributed by atoms with E-state index in [0.29, 0.717) is 25.1 Å². The third-order valence-corrected chi connectivity index (χ3v) is 4.99. The van der Waals surface area contributed by atoms with Crippen molar-refractivity contribution in [3.8, 4) is 0 Å². The van der Waals surface area contributed by atoms with Crippen molar-refractivity contribution in [3.63, 3.8) is 0 Å². The Bertz CT molecular complexity index is 764. The number of carbonyl (C=O) groups is 2. The van der Waals surface area contributed by atoms with Crippen LogP contribution in [0.3, 0.4) is 0 Å². The number of benzene rings is 2. The highest BCUT2D eigenvalue weighted by Gasteiger charge is 2.24. The summed E-state index contributed by atoms with van der Waals surface area (Å²) in [6.45, 7) is 1.34. The Kier molecular flexibility index (Phi) is 6.12. The maximum Gasteiger partial charge on any atom is 0.253 e. The standard InChI is InChI=1S/C22H27N3O2/c1-24(2)20-10-8-18(9-11-20)22(27)25-14-12-19(13-15-25)23-21(26)16-17-6-4-3-5-7-17/h3-11,19H,12-16H2,1-2H3,(H,23,26). The van der Waals surface area contributed by atoms with E-state index < -0.39 is 0 Å². The maximum absolute atomic E-state index is 12.7. The van der Waals surface area contributed by atoms with Gasteiger partial charge in [0, 0.05) is 44.5 Å². The van der Waals surface area contributed by atoms with Gasteiger partial charge in [0.2, 0.25) is 5.91 Å². The molecule has 142 valence electrons. The third kappa shape index (κ3) is 5.09. The van der Waals surface area contributed by atoms with Gasteiger partial charge in [0.05, 0.1) is 6.42 Å². The Morgan fingerprint density at radius 2 is 1.63 bits per heavy atom. The van der Waals surface area contributed by atoms with Crippen LogP contribution in [0.4, 0.5) is 5.69 Å². The zero-order valence-electron chi connectivity index (χ0n) is 16.0. The molecule has 2 aromatic carbocycles. The highest BCUT2D eigenvalue weighted by molar-refractivity contribution is 5.94. The summed E-state index contributed by atoms with van der Waals surface area (Å²) in [5.41, 5.74) is 2.81. The first kappa shape index (κ1) is 19.0. The van der Waals surface area contributed by atoms with Gasteiger partial charge in [-0.15, -0.1) is 0 Å². The second kappa shape index (κ2) is 8.71. The van der Waals surface area contributed by atoms with Gasteiger partial charge < -0.3 is 15.1 Å². The van der Waals surface area contributed by atoms with Crippen molar-refractivity contribution in [2.75, 3.05) is 32.1 Å². The molecule has 27 heavy (non-hydrogen) atoms. The molecule has 5 nitrogen and oxygen atoms in total. The van der Waals surface area contributed by atoms with E-state index in [0.717, 1.165) is 24.1 Å². The Morgan fingerprint density at radius 3 is 2.22 bits per heavy atom. The average molecular weight is 365 g/mol. The van der Waals surface area contributed by atoms with Crippen LogP contribution in [0, 0.1) is 0 Å². The van der Waals surface area contributed by atoms with E-state index in [2.05, 4.69) is 5.32 Å². The monoisotopic (exact) mass is 365 g/mol. The number of nitrogens with one attached hydrogen (secondary N) is 1. The molecule has 1 saturated heterocycles. The number of rotatable bonds is 5. The predicted molar refractivity (Wildman–Crippen MR) is 108 cm³/mol. The summed E-state index contributed by atoms with van der Waals surface area (Å²) in [5.74, 6) is 0.111. The lowest BCUT2D eigenvalue weighted by atomic mass is 10.0. The van der Waals surface area contributed by atoms with Gasteiger partial charge in [0.1, 0.15) is 0 Å². The summed E-state index contributed by atoms with van der Waals surface area (Å²) in [4.78, 5) is 28.8. The third-order valence-electron chi connectivity index (χ3n) is 4.99. The number of hydrogen-bond acceptors (Lipinski definition) is 3. The fraction of sp³-hybridized carbons (Fsp3) is 0.364. The van der Waals surface area contributed by atoms with Crippen LogP contribution in [0.2, 0.25) is 0 Å². The summed E-state index contributed by atoms with van der Waals surface area (Å²) < 4.78 is 0. The molecule has 2 aromatic rings. The first-order chi connectivity index (χ1) is 13.0. The van der Waals surface area contributed by atoms with Crippen molar-refractivity contribution in [3.05, 3.63) is 65.7 Å². The molecule has 0 aromatic heterocycles. The minimum atomic E-state index is 0.0465. The molecule has 1 heterocycles. The average Bonchev–Trinajstić information content (AvgIpc) is 2.69. The van der Waals surface area contributed by atoms with Crippen LogP contribution in [-0.2, 0) is 11.2 Å². The fourth-order valence-corrected chi connectivity index (χ4v) is 3.37. The molecule has 0 aliphatic carbocycles. The fourth-order valence-electron chi connectivity index (χ4n) is 3.37. The summed E-state index contributed by atoms with van der Waals surface area (Å²) in [7, 11) is 3.96. The summed E-state index contributed by atoms with van der Waals surface area (Å²) >= 11 is 0. The van der Waals surface area contributed by atoms with Crippen LogP contribution < -0.4 is 10.2 Å². The lowest BCUT2D eigenvalue weighted by Gasteiger charge is -2.32. The van der Waals surface area contributed by atoms with E-state index >= 15 is 0 Å². The van der Waals surface area contributed by atoms with Gasteiger partial charge in [0.25, 0.3) is 5.91 Å². The molecule has 2 amide bonds. The highest BCUT2D eigenvalue weighted by atomic mass is 16.2. The summed E-state index contributed by atoms with van der Waals surface area (Å²) in [6, 6.07) is 17.6. The van der Waals surface area contributed by atoms with Crippen molar-refractivity contribution in [1.29, 1.82) is 0 Å². The second-order valence-corrected chi connectivity index (χ2v) is 7.24. The van der Waals surface area contributed by atoms with Gasteiger partial charge in [-0.05, 0) is 42.7 Å². The van der Waals surface area contributed by atoms with E-state index in [1.54, 1.807) is 0 Å². The van der Waals surface area contributed by atoms with Gasteiger partial charge in [-0.2, -0.15) is 0 Å². The van der Waals surface area contributed by atoms with Crippen LogP contribution in [-0.4, -0.2) is 49.9 Å². The van der Waals surface area contributed by atoms with Crippen molar-refractivity contribution in [2.45, 2.75) is 25.3 Å². The molecular weight excluding hydrogens is 338 g/mol. The lowest BCUT2D eigenvalue weighted by Crippen LogP contribution is -2.46. The molecule has 0 radical (unpaired) electrons. The molecule has 0 saturated carbocycles. The van der Waals surface area contributed by atoms with Gasteiger partial charge in [-0.3, -0.25) is 9.59 Å². The van der Waals surface area contributed by atoms with Gasteiger partial charge in [0.15, 0.2) is 0 Å². The van der Waals surface area contributed by atoms with E-state index in [4.69, 9.17) is 0 Å². The number of anilines is 1. The Labute approximate surface area is 161 Å². The lowest BCUT2D eigenvalue weighted by molar-refractivity contribution is -0.121. The molecule has 0 bridgehead atoms. The highest BCUT2D eigenvalue weighted by Crippen LogP contribution is 2.17. The topological polar surface area (TPSA) is 52.7 Å². The predicted octanol–water partition coefficient (Wildman–Crippen LogP) is 2.72. The minimum Gasteiger partial charge on any atom is -0.378 e. The molecular formula is C22H27N3O2. The number of nitrogens with zero attached hydrogens (tertiary/aromatic N) is 2. The molecule has 1 N–H and O–H groups in total.